The van der Waals surface area contributed by atoms with Crippen molar-refractivity contribution in [1.82, 2.24) is 0 Å². The van der Waals surface area contributed by atoms with Gasteiger partial charge in [-0.3, -0.25) is 0 Å². The van der Waals surface area contributed by atoms with Crippen molar-refractivity contribution >= 4 is 29.3 Å². The fourth-order valence-corrected chi connectivity index (χ4v) is 3.31. The Labute approximate surface area is 159 Å². The number of hydrogen-bond acceptors (Lipinski definition) is 5. The fourth-order valence-electron chi connectivity index (χ4n) is 3.31. The smallest absolute Gasteiger partial charge is 0.469 e. The van der Waals surface area contributed by atoms with Crippen molar-refractivity contribution in [3.8, 4) is 5.75 Å². The lowest BCUT2D eigenvalue weighted by Gasteiger charge is -2.23. The van der Waals surface area contributed by atoms with E-state index in [4.69, 9.17) is 9.47 Å². The molecule has 0 aromatic heterocycles. The molecular weight excluding hydrogens is 367 g/mol. The lowest BCUT2D eigenvalue weighted by molar-refractivity contribution is -0.420. The average Bonchev–Trinajstić information content (AvgIpc) is 3.07. The Morgan fingerprint density at radius 1 is 1.18 bits per heavy atom. The number of amides is 3. The number of carbonyl (C=O) groups excluding carboxylic acids is 3. The second kappa shape index (κ2) is 6.88. The summed E-state index contributed by atoms with van der Waals surface area (Å²) in [7, 11) is 0. The highest BCUT2D eigenvalue weighted by molar-refractivity contribution is 6.29. The summed E-state index contributed by atoms with van der Waals surface area (Å²) >= 11 is 0. The number of ether oxygens (including phenoxy) is 2. The minimum absolute atomic E-state index is 0.160. The van der Waals surface area contributed by atoms with E-state index in [1.54, 1.807) is 31.2 Å². The predicted molar refractivity (Wildman–Crippen MR) is 96.0 cm³/mol. The number of anilines is 1. The zero-order chi connectivity index (χ0) is 19.8. The zero-order valence-electron chi connectivity index (χ0n) is 14.9. The molecule has 7 nitrogen and oxygen atoms in total. The van der Waals surface area contributed by atoms with Gasteiger partial charge in [0.05, 0.1) is 12.2 Å². The van der Waals surface area contributed by atoms with Gasteiger partial charge in [0.1, 0.15) is 17.3 Å². The Hall–Kier alpha value is -3.55. The molecule has 0 saturated heterocycles. The number of carbonyl (C=O) groups is 3. The molecule has 0 radical (unpaired) electrons. The third kappa shape index (κ3) is 2.83. The van der Waals surface area contributed by atoms with E-state index in [2.05, 4.69) is 0 Å². The highest BCUT2D eigenvalue weighted by Crippen LogP contribution is 2.33. The molecule has 3 amide bonds. The van der Waals surface area contributed by atoms with E-state index in [0.717, 1.165) is 17.0 Å². The van der Waals surface area contributed by atoms with Crippen LogP contribution in [0.4, 0.5) is 14.9 Å². The van der Waals surface area contributed by atoms with Crippen LogP contribution in [0.5, 0.6) is 5.75 Å². The van der Waals surface area contributed by atoms with E-state index >= 15 is 0 Å². The van der Waals surface area contributed by atoms with Crippen molar-refractivity contribution in [3.63, 3.8) is 0 Å². The monoisotopic (exact) mass is 383 g/mol. The van der Waals surface area contributed by atoms with Crippen molar-refractivity contribution in [2.45, 2.75) is 13.0 Å². The molecule has 142 valence electrons. The first-order valence-electron chi connectivity index (χ1n) is 8.70. The van der Waals surface area contributed by atoms with Crippen LogP contribution in [-0.2, 0) is 14.3 Å². The van der Waals surface area contributed by atoms with Gasteiger partial charge in [-0.1, -0.05) is 12.1 Å². The maximum atomic E-state index is 13.3. The maximum absolute atomic E-state index is 13.3. The quantitative estimate of drug-likeness (QED) is 0.597. The molecule has 0 N–H and O–H groups in total. The van der Waals surface area contributed by atoms with Crippen molar-refractivity contribution in [3.05, 3.63) is 59.9 Å². The van der Waals surface area contributed by atoms with Crippen LogP contribution in [0.1, 0.15) is 12.5 Å². The molecule has 2 aromatic carbocycles. The number of nitrogens with zero attached hydrogens (tertiary/aromatic N) is 2. The normalized spacial score (nSPS) is 17.9. The first-order valence-corrected chi connectivity index (χ1v) is 8.70. The Morgan fingerprint density at radius 2 is 1.89 bits per heavy atom. The van der Waals surface area contributed by atoms with Gasteiger partial charge in [-0.2, -0.15) is 9.37 Å². The molecule has 0 spiro atoms. The number of para-hydroxylation sites is 1. The van der Waals surface area contributed by atoms with Gasteiger partial charge >= 0.3 is 17.9 Å². The third-order valence-corrected chi connectivity index (χ3v) is 4.49. The number of halogens is 1. The molecule has 0 aliphatic carbocycles. The second-order valence-electron chi connectivity index (χ2n) is 6.20. The summed E-state index contributed by atoms with van der Waals surface area (Å²) in [5, 5.41) is 0. The lowest BCUT2D eigenvalue weighted by atomic mass is 10.0. The molecular formula is C20H16FN2O5+. The predicted octanol–water partition coefficient (Wildman–Crippen LogP) is 2.12. The molecule has 2 aromatic rings. The SMILES string of the molecule is CCOC(=O)C[N+]1=C2c3ccccc3OC2C(=O)N(c2ccc(F)cc2)C1=O. The van der Waals surface area contributed by atoms with E-state index in [1.807, 2.05) is 0 Å². The summed E-state index contributed by atoms with van der Waals surface area (Å²) in [5.74, 6) is -1.28. The van der Waals surface area contributed by atoms with Gasteiger partial charge in [-0.25, -0.2) is 14.0 Å². The lowest BCUT2D eigenvalue weighted by Crippen LogP contribution is -2.59. The van der Waals surface area contributed by atoms with Crippen LogP contribution in [0, 0.1) is 5.82 Å². The summed E-state index contributed by atoms with van der Waals surface area (Å²) in [4.78, 5) is 39.2. The topological polar surface area (TPSA) is 75.9 Å². The molecule has 1 atom stereocenters. The van der Waals surface area contributed by atoms with E-state index < -0.39 is 29.8 Å². The van der Waals surface area contributed by atoms with E-state index in [0.29, 0.717) is 17.0 Å². The molecule has 8 heteroatoms. The molecule has 2 aliphatic rings. The fraction of sp³-hybridized carbons (Fsp3) is 0.200. The Bertz CT molecular complexity index is 1020. The molecule has 1 unspecified atom stereocenters. The number of benzene rings is 2. The van der Waals surface area contributed by atoms with E-state index in [9.17, 15) is 18.8 Å². The number of urea groups is 1. The van der Waals surface area contributed by atoms with E-state index in [1.165, 1.54) is 16.7 Å². The van der Waals surface area contributed by atoms with E-state index in [-0.39, 0.29) is 18.8 Å². The largest absolute Gasteiger partial charge is 0.506 e. The van der Waals surface area contributed by atoms with Crippen LogP contribution in [0.25, 0.3) is 0 Å². The Balaban J connectivity index is 1.84. The van der Waals surface area contributed by atoms with Crippen LogP contribution >= 0.6 is 0 Å². The summed E-state index contributed by atoms with van der Waals surface area (Å²) < 4.78 is 25.2. The average molecular weight is 383 g/mol. The number of rotatable bonds is 4. The summed E-state index contributed by atoms with van der Waals surface area (Å²) in [5.41, 5.74) is 1.05. The first kappa shape index (κ1) is 17.8. The molecule has 0 saturated carbocycles. The molecule has 4 rings (SSSR count). The number of esters is 1. The summed E-state index contributed by atoms with van der Waals surface area (Å²) in [6.07, 6.45) is -1.09. The number of imide groups is 1. The number of fused-ring (bicyclic) bond motifs is 3. The maximum Gasteiger partial charge on any atom is 0.506 e. The van der Waals surface area contributed by atoms with Crippen LogP contribution in [0.15, 0.2) is 48.5 Å². The van der Waals surface area contributed by atoms with Gasteiger partial charge in [0.15, 0.2) is 12.3 Å². The highest BCUT2D eigenvalue weighted by Gasteiger charge is 2.54. The highest BCUT2D eigenvalue weighted by atomic mass is 19.1. The first-order chi connectivity index (χ1) is 13.5. The number of hydrogen-bond donors (Lipinski definition) is 0. The standard InChI is InChI=1S/C20H16FN2O5/c1-2-27-16(24)11-22-17-14-5-3-4-6-15(14)28-18(17)19(25)23(20(22)26)13-9-7-12(21)8-10-13/h3-10,18H,2,11H2,1H3/q+1. The summed E-state index contributed by atoms with van der Waals surface area (Å²) in [6, 6.07) is 11.1. The van der Waals surface area contributed by atoms with Crippen molar-refractivity contribution in [1.29, 1.82) is 0 Å². The van der Waals surface area contributed by atoms with Crippen LogP contribution in [-0.4, -0.2) is 47.5 Å². The van der Waals surface area contributed by atoms with Crippen molar-refractivity contribution in [2.75, 3.05) is 18.1 Å². The summed E-state index contributed by atoms with van der Waals surface area (Å²) in [6.45, 7) is 1.45. The molecule has 28 heavy (non-hydrogen) atoms. The Morgan fingerprint density at radius 3 is 2.61 bits per heavy atom. The molecule has 2 heterocycles. The van der Waals surface area contributed by atoms with Gasteiger partial charge in [0, 0.05) is 0 Å². The second-order valence-corrected chi connectivity index (χ2v) is 6.20. The minimum atomic E-state index is -1.09. The van der Waals surface area contributed by atoms with Crippen LogP contribution in [0.2, 0.25) is 0 Å². The van der Waals surface area contributed by atoms with Gasteiger partial charge in [-0.05, 0) is 43.3 Å². The van der Waals surface area contributed by atoms with Gasteiger partial charge in [-0.15, -0.1) is 4.90 Å². The third-order valence-electron chi connectivity index (χ3n) is 4.49. The van der Waals surface area contributed by atoms with Gasteiger partial charge in [0.25, 0.3) is 6.10 Å². The minimum Gasteiger partial charge on any atom is -0.469 e. The van der Waals surface area contributed by atoms with Crippen molar-refractivity contribution < 1.29 is 32.8 Å². The molecule has 2 aliphatic heterocycles. The van der Waals surface area contributed by atoms with Gasteiger partial charge in [0.2, 0.25) is 0 Å². The Kier molecular flexibility index (Phi) is 4.38. The van der Waals surface area contributed by atoms with Crippen LogP contribution in [0.3, 0.4) is 0 Å². The van der Waals surface area contributed by atoms with Crippen LogP contribution < -0.4 is 9.64 Å². The van der Waals surface area contributed by atoms with Gasteiger partial charge < -0.3 is 9.47 Å². The molecule has 0 fully saturated rings. The van der Waals surface area contributed by atoms with Crippen molar-refractivity contribution in [2.24, 2.45) is 0 Å². The zero-order valence-corrected chi connectivity index (χ0v) is 14.9. The molecule has 0 bridgehead atoms.